The Labute approximate surface area is 108 Å². The lowest BCUT2D eigenvalue weighted by molar-refractivity contribution is 0.325. The third-order valence-electron chi connectivity index (χ3n) is 3.18. The number of nitrogens with zero attached hydrogens (tertiary/aromatic N) is 3. The van der Waals surface area contributed by atoms with Crippen LogP contribution in [-0.2, 0) is 0 Å². The maximum absolute atomic E-state index is 9.13. The van der Waals surface area contributed by atoms with E-state index in [1.807, 2.05) is 42.5 Å². The molecule has 0 spiro atoms. The van der Waals surface area contributed by atoms with Gasteiger partial charge < -0.3 is 4.90 Å². The minimum atomic E-state index is 0.211. The molecule has 1 aliphatic rings. The first-order valence-corrected chi connectivity index (χ1v) is 6.21. The lowest BCUT2D eigenvalue weighted by Gasteiger charge is -2.31. The predicted octanol–water partition coefficient (Wildman–Crippen LogP) is 2.93. The zero-order valence-electron chi connectivity index (χ0n) is 10.3. The number of piperidine rings is 1. The third-order valence-corrected chi connectivity index (χ3v) is 3.18. The largest absolute Gasteiger partial charge is 0.369 e. The number of likely N-dealkylation sites (tertiary alicyclic amines) is 1. The Morgan fingerprint density at radius 3 is 2.11 bits per heavy atom. The van der Waals surface area contributed by atoms with E-state index in [0.29, 0.717) is 0 Å². The highest BCUT2D eigenvalue weighted by molar-refractivity contribution is 5.74. The maximum atomic E-state index is 9.13. The number of allylic oxidation sites excluding steroid dienone is 1. The van der Waals surface area contributed by atoms with Gasteiger partial charge in [-0.1, -0.05) is 30.3 Å². The monoisotopic (exact) mass is 237 g/mol. The molecule has 90 valence electrons. The Bertz CT molecular complexity index is 495. The summed E-state index contributed by atoms with van der Waals surface area (Å²) >= 11 is 0. The van der Waals surface area contributed by atoms with Crippen molar-refractivity contribution in [3.63, 3.8) is 0 Å². The van der Waals surface area contributed by atoms with Gasteiger partial charge in [0, 0.05) is 13.1 Å². The summed E-state index contributed by atoms with van der Waals surface area (Å²) in [5.74, 6) is 0. The summed E-state index contributed by atoms with van der Waals surface area (Å²) in [7, 11) is 0. The normalized spacial score (nSPS) is 14.4. The molecule has 3 heteroatoms. The smallest absolute Gasteiger partial charge is 0.153 e. The second kappa shape index (κ2) is 5.89. The van der Waals surface area contributed by atoms with Crippen LogP contribution < -0.4 is 0 Å². The molecule has 0 radical (unpaired) electrons. The number of benzene rings is 1. The molecule has 2 rings (SSSR count). The van der Waals surface area contributed by atoms with Gasteiger partial charge in [-0.15, -0.1) is 0 Å². The van der Waals surface area contributed by atoms with Gasteiger partial charge in [0.25, 0.3) is 0 Å². The van der Waals surface area contributed by atoms with Crippen LogP contribution in [0.1, 0.15) is 24.8 Å². The summed E-state index contributed by atoms with van der Waals surface area (Å²) in [6.45, 7) is 1.86. The highest BCUT2D eigenvalue weighted by atomic mass is 15.1. The van der Waals surface area contributed by atoms with E-state index < -0.39 is 0 Å². The fourth-order valence-electron chi connectivity index (χ4n) is 2.33. The topological polar surface area (TPSA) is 50.8 Å². The van der Waals surface area contributed by atoms with Crippen LogP contribution in [0.3, 0.4) is 0 Å². The van der Waals surface area contributed by atoms with Gasteiger partial charge in [0.15, 0.2) is 5.57 Å². The van der Waals surface area contributed by atoms with E-state index in [9.17, 15) is 0 Å². The van der Waals surface area contributed by atoms with Crippen molar-refractivity contribution in [1.29, 1.82) is 10.5 Å². The number of hydrogen-bond acceptors (Lipinski definition) is 3. The highest BCUT2D eigenvalue weighted by Crippen LogP contribution is 2.26. The zero-order chi connectivity index (χ0) is 12.8. The molecular formula is C15H15N3. The molecule has 0 atom stereocenters. The van der Waals surface area contributed by atoms with Gasteiger partial charge in [0.05, 0.1) is 5.70 Å². The lowest BCUT2D eigenvalue weighted by Crippen LogP contribution is -2.29. The van der Waals surface area contributed by atoms with Crippen LogP contribution in [0, 0.1) is 22.7 Å². The first-order chi connectivity index (χ1) is 8.86. The molecule has 1 fully saturated rings. The van der Waals surface area contributed by atoms with Gasteiger partial charge in [-0.05, 0) is 24.8 Å². The van der Waals surface area contributed by atoms with Crippen molar-refractivity contribution >= 4 is 5.70 Å². The van der Waals surface area contributed by atoms with Gasteiger partial charge in [-0.3, -0.25) is 0 Å². The molecule has 0 aromatic heterocycles. The van der Waals surface area contributed by atoms with Crippen molar-refractivity contribution in [3.8, 4) is 12.1 Å². The van der Waals surface area contributed by atoms with Crippen molar-refractivity contribution in [2.45, 2.75) is 19.3 Å². The minimum absolute atomic E-state index is 0.211. The molecule has 1 aromatic carbocycles. The molecule has 0 N–H and O–H groups in total. The molecular weight excluding hydrogens is 222 g/mol. The van der Waals surface area contributed by atoms with Crippen molar-refractivity contribution in [1.82, 2.24) is 4.90 Å². The Kier molecular flexibility index (Phi) is 3.99. The van der Waals surface area contributed by atoms with Gasteiger partial charge in [0.2, 0.25) is 0 Å². The van der Waals surface area contributed by atoms with Crippen molar-refractivity contribution in [2.24, 2.45) is 0 Å². The van der Waals surface area contributed by atoms with E-state index in [4.69, 9.17) is 10.5 Å². The van der Waals surface area contributed by atoms with Gasteiger partial charge in [0.1, 0.15) is 12.1 Å². The summed E-state index contributed by atoms with van der Waals surface area (Å²) < 4.78 is 0. The van der Waals surface area contributed by atoms with Crippen LogP contribution in [0.2, 0.25) is 0 Å². The molecule has 1 saturated heterocycles. The summed E-state index contributed by atoms with van der Waals surface area (Å²) in [5.41, 5.74) is 1.96. The van der Waals surface area contributed by atoms with Crippen LogP contribution in [0.5, 0.6) is 0 Å². The van der Waals surface area contributed by atoms with E-state index in [-0.39, 0.29) is 5.57 Å². The molecule has 0 unspecified atom stereocenters. The molecule has 1 heterocycles. The Hall–Kier alpha value is -2.26. The van der Waals surface area contributed by atoms with Crippen molar-refractivity contribution in [2.75, 3.05) is 13.1 Å². The van der Waals surface area contributed by atoms with Crippen LogP contribution in [0.4, 0.5) is 0 Å². The summed E-state index contributed by atoms with van der Waals surface area (Å²) in [6.07, 6.45) is 3.48. The molecule has 0 aliphatic carbocycles. The average molecular weight is 237 g/mol. The maximum Gasteiger partial charge on any atom is 0.153 e. The lowest BCUT2D eigenvalue weighted by atomic mass is 10.0. The zero-order valence-corrected chi connectivity index (χ0v) is 10.3. The second-order valence-corrected chi connectivity index (χ2v) is 4.36. The molecule has 0 bridgehead atoms. The van der Waals surface area contributed by atoms with E-state index >= 15 is 0 Å². The average Bonchev–Trinajstić information content (AvgIpc) is 2.46. The summed E-state index contributed by atoms with van der Waals surface area (Å²) in [5, 5.41) is 18.3. The quantitative estimate of drug-likeness (QED) is 0.743. The van der Waals surface area contributed by atoms with Gasteiger partial charge in [-0.25, -0.2) is 0 Å². The molecule has 0 saturated carbocycles. The third kappa shape index (κ3) is 2.52. The first-order valence-electron chi connectivity index (χ1n) is 6.21. The van der Waals surface area contributed by atoms with E-state index in [0.717, 1.165) is 37.2 Å². The van der Waals surface area contributed by atoms with Gasteiger partial charge in [-0.2, -0.15) is 10.5 Å². The Morgan fingerprint density at radius 1 is 0.944 bits per heavy atom. The SMILES string of the molecule is N#CC(C#N)=C(c1ccccc1)N1CCCCC1. The number of hydrogen-bond donors (Lipinski definition) is 0. The van der Waals surface area contributed by atoms with Crippen LogP contribution in [-0.4, -0.2) is 18.0 Å². The van der Waals surface area contributed by atoms with Crippen molar-refractivity contribution < 1.29 is 0 Å². The van der Waals surface area contributed by atoms with Crippen LogP contribution in [0.25, 0.3) is 5.70 Å². The van der Waals surface area contributed by atoms with Crippen molar-refractivity contribution in [3.05, 3.63) is 41.5 Å². The fraction of sp³-hybridized carbons (Fsp3) is 0.333. The van der Waals surface area contributed by atoms with Gasteiger partial charge >= 0.3 is 0 Å². The Morgan fingerprint density at radius 2 is 1.56 bits per heavy atom. The van der Waals surface area contributed by atoms with Crippen LogP contribution in [0.15, 0.2) is 35.9 Å². The molecule has 18 heavy (non-hydrogen) atoms. The molecule has 1 aromatic rings. The first kappa shape index (κ1) is 12.2. The Balaban J connectivity index is 2.45. The van der Waals surface area contributed by atoms with E-state index in [2.05, 4.69) is 4.90 Å². The highest BCUT2D eigenvalue weighted by Gasteiger charge is 2.19. The molecule has 3 nitrogen and oxygen atoms in total. The van der Waals surface area contributed by atoms with E-state index in [1.165, 1.54) is 6.42 Å². The summed E-state index contributed by atoms with van der Waals surface area (Å²) in [6, 6.07) is 13.8. The van der Waals surface area contributed by atoms with Crippen LogP contribution >= 0.6 is 0 Å². The minimum Gasteiger partial charge on any atom is -0.369 e. The standard InChI is InChI=1S/C15H15N3/c16-11-14(12-17)15(13-7-3-1-4-8-13)18-9-5-2-6-10-18/h1,3-4,7-8H,2,5-6,9-10H2. The second-order valence-electron chi connectivity index (χ2n) is 4.36. The number of rotatable bonds is 2. The molecule has 0 amide bonds. The fourth-order valence-corrected chi connectivity index (χ4v) is 2.33. The predicted molar refractivity (Wildman–Crippen MR) is 70.0 cm³/mol. The van der Waals surface area contributed by atoms with E-state index in [1.54, 1.807) is 0 Å². The number of nitriles is 2. The molecule has 1 aliphatic heterocycles. The summed E-state index contributed by atoms with van der Waals surface area (Å²) in [4.78, 5) is 2.17.